The third-order valence-corrected chi connectivity index (χ3v) is 21.3. The molecule has 6 rings (SSSR count). The summed E-state index contributed by atoms with van der Waals surface area (Å²) in [5.74, 6) is 8.09. The van der Waals surface area contributed by atoms with Crippen LogP contribution in [-0.2, 0) is 30.3 Å². The van der Waals surface area contributed by atoms with E-state index in [0.717, 1.165) is 46.6 Å². The molecule has 0 amide bonds. The maximum absolute atomic E-state index is 6.69. The van der Waals surface area contributed by atoms with Crippen molar-refractivity contribution >= 4 is 25.1 Å². The summed E-state index contributed by atoms with van der Waals surface area (Å²) in [6.07, 6.45) is 8.76. The molecular formula is C52H86Cl2O2SiZr. The van der Waals surface area contributed by atoms with Crippen LogP contribution in [0.3, 0.4) is 0 Å². The average molecular weight is 933 g/mol. The van der Waals surface area contributed by atoms with E-state index in [4.69, 9.17) is 26.5 Å². The summed E-state index contributed by atoms with van der Waals surface area (Å²) in [6, 6.07) is 23.3. The van der Waals surface area contributed by atoms with Gasteiger partial charge in [0.15, 0.2) is 0 Å². The molecule has 328 valence electrons. The second-order valence-corrected chi connectivity index (χ2v) is 31.2. The van der Waals surface area contributed by atoms with Crippen molar-refractivity contribution in [1.82, 2.24) is 0 Å². The molecule has 14 unspecified atom stereocenters. The molecule has 2 aromatic carbocycles. The summed E-state index contributed by atoms with van der Waals surface area (Å²) in [6.45, 7) is 31.0. The third kappa shape index (κ3) is 11.0. The fourth-order valence-electron chi connectivity index (χ4n) is 14.7. The Labute approximate surface area is 379 Å². The first-order chi connectivity index (χ1) is 26.3. The molecule has 2 aromatic rings. The molecule has 0 saturated heterocycles. The van der Waals surface area contributed by atoms with Gasteiger partial charge in [0, 0.05) is 26.1 Å². The first kappa shape index (κ1) is 52.4. The van der Waals surface area contributed by atoms with Crippen LogP contribution in [0, 0.1) is 84.9 Å². The predicted molar refractivity (Wildman–Crippen MR) is 254 cm³/mol. The Bertz CT molecular complexity index is 1380. The zero-order valence-corrected chi connectivity index (χ0v) is 44.8. The number of halogens is 2. The summed E-state index contributed by atoms with van der Waals surface area (Å²) in [4.78, 5) is 0. The number of fused-ring (bicyclic) bond motifs is 2. The Morgan fingerprint density at radius 2 is 0.897 bits per heavy atom. The fraction of sp³-hybridized carbons (Fsp3) is 0.731. The van der Waals surface area contributed by atoms with E-state index in [-0.39, 0.29) is 37.9 Å². The number of benzene rings is 2. The monoisotopic (exact) mass is 930 g/mol. The molecular weight excluding hydrogens is 847 g/mol. The van der Waals surface area contributed by atoms with Crippen molar-refractivity contribution in [3.8, 4) is 0 Å². The summed E-state index contributed by atoms with van der Waals surface area (Å²) >= 11 is -0.826. The van der Waals surface area contributed by atoms with Crippen molar-refractivity contribution in [2.24, 2.45) is 70.0 Å². The second-order valence-electron chi connectivity index (χ2n) is 22.5. The van der Waals surface area contributed by atoms with Crippen LogP contribution in [0.4, 0.5) is 0 Å². The molecule has 0 aromatic heterocycles. The van der Waals surface area contributed by atoms with Gasteiger partial charge in [-0.25, -0.2) is 0 Å². The molecule has 4 aliphatic carbocycles. The maximum atomic E-state index is 6.69. The van der Waals surface area contributed by atoms with E-state index >= 15 is 0 Å². The minimum atomic E-state index is -1.90. The molecule has 2 nitrogen and oxygen atoms in total. The van der Waals surface area contributed by atoms with Crippen LogP contribution in [-0.4, -0.2) is 34.5 Å². The molecule has 6 heteroatoms. The van der Waals surface area contributed by atoms with Crippen molar-refractivity contribution in [1.29, 1.82) is 0 Å². The minimum absolute atomic E-state index is 0. The Balaban J connectivity index is 0.00000175. The quantitative estimate of drug-likeness (QED) is 0.175. The Morgan fingerprint density at radius 1 is 0.586 bits per heavy atom. The first-order valence-electron chi connectivity index (χ1n) is 22.4. The van der Waals surface area contributed by atoms with Gasteiger partial charge >= 0.3 is 37.9 Å². The normalized spacial score (nSPS) is 34.9. The molecule has 0 bridgehead atoms. The summed E-state index contributed by atoms with van der Waals surface area (Å²) in [5.41, 5.74) is 5.16. The van der Waals surface area contributed by atoms with Crippen LogP contribution in [0.2, 0.25) is 24.2 Å². The van der Waals surface area contributed by atoms with Crippen LogP contribution >= 0.6 is 17.0 Å². The van der Waals surface area contributed by atoms with Crippen LogP contribution in [0.1, 0.15) is 131 Å². The number of rotatable bonds is 10. The zero-order valence-electron chi connectivity index (χ0n) is 39.8. The molecule has 0 heterocycles. The van der Waals surface area contributed by atoms with E-state index in [1.54, 1.807) is 0 Å². The number of hydrogen-bond donors (Lipinski definition) is 0. The average Bonchev–Trinajstić information content (AvgIpc) is 3.67. The summed E-state index contributed by atoms with van der Waals surface area (Å²) < 4.78 is 13.4. The van der Waals surface area contributed by atoms with Crippen molar-refractivity contribution in [2.45, 2.75) is 156 Å². The van der Waals surface area contributed by atoms with E-state index in [9.17, 15) is 0 Å². The Kier molecular flexibility index (Phi) is 19.5. The Hall–Kier alpha value is 0.0400. The van der Waals surface area contributed by atoms with Crippen LogP contribution in [0.15, 0.2) is 60.7 Å². The third-order valence-electron chi connectivity index (χ3n) is 16.1. The van der Waals surface area contributed by atoms with Gasteiger partial charge in [0.2, 0.25) is 0 Å². The van der Waals surface area contributed by atoms with E-state index in [0.29, 0.717) is 35.5 Å². The number of hydrogen-bond acceptors (Lipinski definition) is 2. The van der Waals surface area contributed by atoms with Gasteiger partial charge in [-0.15, -0.1) is 0 Å². The molecule has 0 radical (unpaired) electrons. The van der Waals surface area contributed by atoms with E-state index in [1.807, 2.05) is 14.2 Å². The molecule has 4 saturated carbocycles. The molecule has 0 spiro atoms. The van der Waals surface area contributed by atoms with Crippen LogP contribution in [0.5, 0.6) is 0 Å². The van der Waals surface area contributed by atoms with Gasteiger partial charge in [-0.05, 0) is 131 Å². The molecule has 0 N–H and O–H groups in total. The summed E-state index contributed by atoms with van der Waals surface area (Å²) in [7, 11) is 12.0. The summed E-state index contributed by atoms with van der Waals surface area (Å²) in [5, 5.41) is 0. The topological polar surface area (TPSA) is 18.5 Å². The van der Waals surface area contributed by atoms with Crippen LogP contribution < -0.4 is 0 Å². The first-order valence-corrected chi connectivity index (χ1v) is 31.9. The second kappa shape index (κ2) is 21.6. The predicted octanol–water partition coefficient (Wildman–Crippen LogP) is 16.0. The SMILES string of the molecule is COC1C(c2ccccc2)C2CC(CC(C)C)C([Si](C)(C)C3C(CC(C)C)CC4C3CC(C(C)(C)C)C(OC)C4c3ccccc3)C2CC1C(C)(C)C.[CH3-].[CH3-].[Cl][Zr+2][Cl]. The van der Waals surface area contributed by atoms with Crippen LogP contribution in [0.25, 0.3) is 0 Å². The number of ether oxygens (including phenoxy) is 2. The van der Waals surface area contributed by atoms with Gasteiger partial charge in [0.25, 0.3) is 0 Å². The molecule has 4 aliphatic rings. The van der Waals surface area contributed by atoms with Gasteiger partial charge in [0.05, 0.1) is 20.3 Å². The van der Waals surface area contributed by atoms with Crippen molar-refractivity contribution in [3.63, 3.8) is 0 Å². The van der Waals surface area contributed by atoms with Gasteiger partial charge in [-0.1, -0.05) is 143 Å². The molecule has 4 fully saturated rings. The van der Waals surface area contributed by atoms with Crippen molar-refractivity contribution in [3.05, 3.63) is 86.6 Å². The van der Waals surface area contributed by atoms with E-state index < -0.39 is 28.9 Å². The fourth-order valence-corrected chi connectivity index (χ4v) is 21.1. The van der Waals surface area contributed by atoms with Gasteiger partial charge in [-0.3, -0.25) is 0 Å². The standard InChI is InChI=1S/C50H80O2Si.2CH3.2ClH.Zr/c1-31(2)25-35-27-37-39(29-41(49(5,6)7)45(51-11)43(37)33-21-17-15-18-22-33)47(35)53(13,14)48-36(26-32(3)4)28-38-40(48)30-42(50(8,9)10)46(52-12)44(38)34-23-19-16-20-24-34;;;;;/h15-24,31-32,35-48H,25-30H2,1-14H3;2*1H3;2*1H;/q;2*-1;;;+4/p-2. The van der Waals surface area contributed by atoms with Gasteiger partial charge in [0.1, 0.15) is 0 Å². The van der Waals surface area contributed by atoms with E-state index in [1.165, 1.54) is 49.7 Å². The van der Waals surface area contributed by atoms with Crippen molar-refractivity contribution < 1.29 is 30.3 Å². The van der Waals surface area contributed by atoms with Gasteiger partial charge < -0.3 is 24.3 Å². The zero-order chi connectivity index (χ0) is 41.3. The van der Waals surface area contributed by atoms with Gasteiger partial charge in [-0.2, -0.15) is 0 Å². The Morgan fingerprint density at radius 3 is 1.16 bits per heavy atom. The molecule has 58 heavy (non-hydrogen) atoms. The molecule has 0 aliphatic heterocycles. The number of methoxy groups -OCH3 is 2. The molecule has 14 atom stereocenters. The van der Waals surface area contributed by atoms with Crippen molar-refractivity contribution in [2.75, 3.05) is 14.2 Å². The van der Waals surface area contributed by atoms with E-state index in [2.05, 4.69) is 143 Å².